The van der Waals surface area contributed by atoms with Crippen LogP contribution in [0.25, 0.3) is 10.2 Å². The van der Waals surface area contributed by atoms with E-state index in [-0.39, 0.29) is 18.3 Å². The second-order valence-electron chi connectivity index (χ2n) is 5.52. The van der Waals surface area contributed by atoms with Crippen molar-refractivity contribution in [1.82, 2.24) is 4.98 Å². The minimum Gasteiger partial charge on any atom is -0.461 e. The van der Waals surface area contributed by atoms with Gasteiger partial charge in [0.05, 0.1) is 20.1 Å². The van der Waals surface area contributed by atoms with Gasteiger partial charge in [-0.25, -0.2) is 4.98 Å². The molecule has 0 aliphatic rings. The van der Waals surface area contributed by atoms with Gasteiger partial charge >= 0.3 is 5.97 Å². The van der Waals surface area contributed by atoms with E-state index in [2.05, 4.69) is 4.98 Å². The molecule has 0 fully saturated rings. The number of nitrogens with zero attached hydrogens (tertiary/aromatic N) is 2. The monoisotopic (exact) mass is 356 g/mol. The zero-order chi connectivity index (χ0) is 17.6. The van der Waals surface area contributed by atoms with Crippen LogP contribution >= 0.6 is 11.3 Å². The fourth-order valence-corrected chi connectivity index (χ4v) is 3.42. The van der Waals surface area contributed by atoms with Gasteiger partial charge in [0.15, 0.2) is 0 Å². The predicted octanol–water partition coefficient (Wildman–Crippen LogP) is 4.27. The highest BCUT2D eigenvalue weighted by Gasteiger charge is 2.09. The van der Waals surface area contributed by atoms with Crippen LogP contribution in [0.5, 0.6) is 0 Å². The first-order chi connectivity index (χ1) is 12.1. The molecule has 1 aromatic heterocycles. The maximum Gasteiger partial charge on any atom is 0.306 e. The Labute approximate surface area is 148 Å². The summed E-state index contributed by atoms with van der Waals surface area (Å²) in [5.74, 6) is -0.312. The Morgan fingerprint density at radius 1 is 1.20 bits per heavy atom. The van der Waals surface area contributed by atoms with Crippen LogP contribution in [0, 0.1) is 10.1 Å². The van der Waals surface area contributed by atoms with Gasteiger partial charge in [-0.3, -0.25) is 14.9 Å². The van der Waals surface area contributed by atoms with E-state index in [9.17, 15) is 14.9 Å². The summed E-state index contributed by atoms with van der Waals surface area (Å²) in [6, 6.07) is 14.0. The lowest BCUT2D eigenvalue weighted by Crippen LogP contribution is -2.05. The zero-order valence-corrected chi connectivity index (χ0v) is 14.2. The number of nitro groups is 1. The molecule has 0 N–H and O–H groups in total. The lowest BCUT2D eigenvalue weighted by atomic mass is 10.2. The molecule has 0 aliphatic carbocycles. The van der Waals surface area contributed by atoms with Crippen LogP contribution < -0.4 is 0 Å². The molecule has 2 aromatic carbocycles. The number of thiazole rings is 1. The van der Waals surface area contributed by atoms with Crippen LogP contribution in [0.4, 0.5) is 5.69 Å². The Morgan fingerprint density at radius 2 is 2.04 bits per heavy atom. The normalized spacial score (nSPS) is 10.7. The molecule has 0 aliphatic heterocycles. The number of aromatic nitrogens is 1. The van der Waals surface area contributed by atoms with Crippen LogP contribution in [0.1, 0.15) is 23.4 Å². The molecule has 3 aromatic rings. The highest BCUT2D eigenvalue weighted by atomic mass is 32.1. The SMILES string of the molecule is O=C(CCCc1nc2ccccc2s1)OCc1cccc([N+](=O)[O-])c1. The lowest BCUT2D eigenvalue weighted by Gasteiger charge is -2.04. The third-order valence-electron chi connectivity index (χ3n) is 3.63. The van der Waals surface area contributed by atoms with E-state index < -0.39 is 4.92 Å². The van der Waals surface area contributed by atoms with E-state index in [1.54, 1.807) is 23.5 Å². The van der Waals surface area contributed by atoms with Crippen molar-refractivity contribution in [2.45, 2.75) is 25.9 Å². The number of para-hydroxylation sites is 1. The summed E-state index contributed by atoms with van der Waals surface area (Å²) in [5.41, 5.74) is 1.58. The average molecular weight is 356 g/mol. The van der Waals surface area contributed by atoms with Gasteiger partial charge in [-0.15, -0.1) is 11.3 Å². The summed E-state index contributed by atoms with van der Waals surface area (Å²) in [6.45, 7) is 0.0433. The molecule has 0 saturated carbocycles. The third kappa shape index (κ3) is 4.60. The molecule has 0 saturated heterocycles. The van der Waals surface area contributed by atoms with Crippen molar-refractivity contribution in [2.75, 3.05) is 0 Å². The number of carbonyl (C=O) groups is 1. The number of hydrogen-bond donors (Lipinski definition) is 0. The first kappa shape index (κ1) is 17.0. The van der Waals surface area contributed by atoms with Gasteiger partial charge in [-0.1, -0.05) is 24.3 Å². The molecule has 7 heteroatoms. The first-order valence-corrected chi connectivity index (χ1v) is 8.67. The molecule has 6 nitrogen and oxygen atoms in total. The smallest absolute Gasteiger partial charge is 0.306 e. The van der Waals surface area contributed by atoms with Gasteiger partial charge in [-0.05, 0) is 30.5 Å². The fraction of sp³-hybridized carbons (Fsp3) is 0.222. The van der Waals surface area contributed by atoms with Crippen LogP contribution in [0.3, 0.4) is 0 Å². The molecule has 0 atom stereocenters. The molecule has 0 radical (unpaired) electrons. The summed E-state index contributed by atoms with van der Waals surface area (Å²) in [4.78, 5) is 26.6. The number of non-ortho nitro benzene ring substituents is 1. The topological polar surface area (TPSA) is 82.3 Å². The zero-order valence-electron chi connectivity index (χ0n) is 13.4. The summed E-state index contributed by atoms with van der Waals surface area (Å²) < 4.78 is 6.33. The van der Waals surface area contributed by atoms with Gasteiger partial charge in [-0.2, -0.15) is 0 Å². The molecule has 0 amide bonds. The maximum absolute atomic E-state index is 11.8. The molecule has 0 spiro atoms. The lowest BCUT2D eigenvalue weighted by molar-refractivity contribution is -0.384. The Kier molecular flexibility index (Phi) is 5.35. The van der Waals surface area contributed by atoms with Crippen molar-refractivity contribution in [3.05, 3.63) is 69.2 Å². The van der Waals surface area contributed by atoms with E-state index in [0.29, 0.717) is 18.4 Å². The van der Waals surface area contributed by atoms with Crippen molar-refractivity contribution >= 4 is 33.2 Å². The van der Waals surface area contributed by atoms with E-state index in [0.717, 1.165) is 21.6 Å². The Morgan fingerprint density at radius 3 is 2.84 bits per heavy atom. The molecule has 25 heavy (non-hydrogen) atoms. The van der Waals surface area contributed by atoms with Crippen molar-refractivity contribution in [1.29, 1.82) is 0 Å². The van der Waals surface area contributed by atoms with Crippen LogP contribution in [0.15, 0.2) is 48.5 Å². The maximum atomic E-state index is 11.8. The standard InChI is InChI=1S/C18H16N2O4S/c21-18(24-12-13-5-3-6-14(11-13)20(22)23)10-4-9-17-19-15-7-1-2-8-16(15)25-17/h1-3,5-8,11H,4,9-10,12H2. The van der Waals surface area contributed by atoms with Crippen LogP contribution in [-0.4, -0.2) is 15.9 Å². The fourth-order valence-electron chi connectivity index (χ4n) is 2.41. The first-order valence-electron chi connectivity index (χ1n) is 7.85. The van der Waals surface area contributed by atoms with Gasteiger partial charge in [0.1, 0.15) is 6.61 Å². The van der Waals surface area contributed by atoms with Crippen LogP contribution in [0.2, 0.25) is 0 Å². The number of carbonyl (C=O) groups excluding carboxylic acids is 1. The second kappa shape index (κ2) is 7.85. The average Bonchev–Trinajstić information content (AvgIpc) is 3.03. The summed E-state index contributed by atoms with van der Waals surface area (Å²) in [7, 11) is 0. The molecule has 128 valence electrons. The molecule has 3 rings (SSSR count). The number of hydrogen-bond acceptors (Lipinski definition) is 6. The largest absolute Gasteiger partial charge is 0.461 e. The summed E-state index contributed by atoms with van der Waals surface area (Å²) in [5, 5.41) is 11.7. The number of aryl methyl sites for hydroxylation is 1. The molecule has 1 heterocycles. The van der Waals surface area contributed by atoms with E-state index in [4.69, 9.17) is 4.74 Å². The number of nitro benzene ring substituents is 1. The van der Waals surface area contributed by atoms with Crippen molar-refractivity contribution in [3.8, 4) is 0 Å². The number of fused-ring (bicyclic) bond motifs is 1. The van der Waals surface area contributed by atoms with Gasteiger partial charge in [0.25, 0.3) is 5.69 Å². The van der Waals surface area contributed by atoms with Crippen molar-refractivity contribution < 1.29 is 14.5 Å². The summed E-state index contributed by atoms with van der Waals surface area (Å²) >= 11 is 1.64. The van der Waals surface area contributed by atoms with Crippen LogP contribution in [-0.2, 0) is 22.6 Å². The van der Waals surface area contributed by atoms with E-state index in [1.165, 1.54) is 12.1 Å². The minimum atomic E-state index is -0.469. The minimum absolute atomic E-state index is 0.00983. The quantitative estimate of drug-likeness (QED) is 0.359. The highest BCUT2D eigenvalue weighted by molar-refractivity contribution is 7.18. The highest BCUT2D eigenvalue weighted by Crippen LogP contribution is 2.22. The van der Waals surface area contributed by atoms with Gasteiger partial charge in [0, 0.05) is 18.6 Å². The van der Waals surface area contributed by atoms with Crippen molar-refractivity contribution in [2.24, 2.45) is 0 Å². The van der Waals surface area contributed by atoms with Gasteiger partial charge < -0.3 is 4.74 Å². The predicted molar refractivity (Wildman–Crippen MR) is 95.5 cm³/mol. The van der Waals surface area contributed by atoms with E-state index >= 15 is 0 Å². The number of benzene rings is 2. The third-order valence-corrected chi connectivity index (χ3v) is 4.73. The number of esters is 1. The number of rotatable bonds is 7. The second-order valence-corrected chi connectivity index (χ2v) is 6.63. The van der Waals surface area contributed by atoms with Gasteiger partial charge in [0.2, 0.25) is 0 Å². The summed E-state index contributed by atoms with van der Waals surface area (Å²) in [6.07, 6.45) is 1.68. The molecular formula is C18H16N2O4S. The van der Waals surface area contributed by atoms with E-state index in [1.807, 2.05) is 24.3 Å². The van der Waals surface area contributed by atoms with Crippen molar-refractivity contribution in [3.63, 3.8) is 0 Å². The molecule has 0 bridgehead atoms. The number of ether oxygens (including phenoxy) is 1. The Hall–Kier alpha value is -2.80. The molecule has 0 unspecified atom stereocenters. The molecular weight excluding hydrogens is 340 g/mol. The Balaban J connectivity index is 1.45. The Bertz CT molecular complexity index is 874.